The molecule has 96 valence electrons. The van der Waals surface area contributed by atoms with Crippen LogP contribution in [0.5, 0.6) is 5.75 Å². The van der Waals surface area contributed by atoms with Gasteiger partial charge >= 0.3 is 6.18 Å². The van der Waals surface area contributed by atoms with Gasteiger partial charge in [-0.05, 0) is 12.5 Å². The monoisotopic (exact) mass is 251 g/mol. The van der Waals surface area contributed by atoms with E-state index in [1.165, 1.54) is 25.3 Å². The van der Waals surface area contributed by atoms with E-state index in [1.54, 1.807) is 0 Å². The maximum absolute atomic E-state index is 13.7. The van der Waals surface area contributed by atoms with E-state index < -0.39 is 24.5 Å². The summed E-state index contributed by atoms with van der Waals surface area (Å²) in [5.41, 5.74) is 5.57. The molecule has 0 saturated heterocycles. The number of ether oxygens (including phenoxy) is 1. The van der Waals surface area contributed by atoms with E-state index in [2.05, 4.69) is 0 Å². The minimum atomic E-state index is -4.28. The van der Waals surface area contributed by atoms with Crippen molar-refractivity contribution in [2.45, 2.75) is 25.1 Å². The van der Waals surface area contributed by atoms with Gasteiger partial charge in [0.15, 0.2) is 11.6 Å². The Balaban J connectivity index is 2.79. The van der Waals surface area contributed by atoms with Gasteiger partial charge in [0.05, 0.1) is 7.11 Å². The number of alkyl halides is 3. The minimum Gasteiger partial charge on any atom is -0.494 e. The fourth-order valence-corrected chi connectivity index (χ4v) is 1.45. The average molecular weight is 251 g/mol. The van der Waals surface area contributed by atoms with Gasteiger partial charge in [0.1, 0.15) is 0 Å². The Hall–Kier alpha value is -1.30. The molecule has 0 aromatic heterocycles. The molecular formula is C11H13F4NO. The van der Waals surface area contributed by atoms with Crippen LogP contribution in [-0.2, 0) is 0 Å². The summed E-state index contributed by atoms with van der Waals surface area (Å²) in [6.07, 6.45) is -5.68. The van der Waals surface area contributed by atoms with Crippen molar-refractivity contribution >= 4 is 0 Å². The van der Waals surface area contributed by atoms with Crippen molar-refractivity contribution in [2.75, 3.05) is 7.11 Å². The molecule has 1 rings (SSSR count). The zero-order chi connectivity index (χ0) is 13.1. The molecule has 17 heavy (non-hydrogen) atoms. The zero-order valence-corrected chi connectivity index (χ0v) is 9.22. The molecular weight excluding hydrogens is 238 g/mol. The van der Waals surface area contributed by atoms with Crippen molar-refractivity contribution in [2.24, 2.45) is 5.73 Å². The number of benzene rings is 1. The van der Waals surface area contributed by atoms with Gasteiger partial charge in [-0.3, -0.25) is 0 Å². The first kappa shape index (κ1) is 13.8. The first-order valence-corrected chi connectivity index (χ1v) is 5.00. The molecule has 0 aliphatic carbocycles. The van der Waals surface area contributed by atoms with E-state index in [9.17, 15) is 17.6 Å². The van der Waals surface area contributed by atoms with Crippen molar-refractivity contribution < 1.29 is 22.3 Å². The Bertz CT molecular complexity index is 378. The Morgan fingerprint density at radius 3 is 2.53 bits per heavy atom. The van der Waals surface area contributed by atoms with Gasteiger partial charge in [0.2, 0.25) is 0 Å². The summed E-state index contributed by atoms with van der Waals surface area (Å²) in [5.74, 6) is -0.727. The zero-order valence-electron chi connectivity index (χ0n) is 9.22. The smallest absolute Gasteiger partial charge is 0.389 e. The van der Waals surface area contributed by atoms with Crippen LogP contribution in [0.2, 0.25) is 0 Å². The molecule has 1 atom stereocenters. The molecule has 0 bridgehead atoms. The highest BCUT2D eigenvalue weighted by Gasteiger charge is 2.28. The molecule has 0 unspecified atom stereocenters. The second-order valence-electron chi connectivity index (χ2n) is 3.62. The topological polar surface area (TPSA) is 35.2 Å². The van der Waals surface area contributed by atoms with Crippen LogP contribution in [0, 0.1) is 5.82 Å². The largest absolute Gasteiger partial charge is 0.494 e. The number of nitrogens with two attached hydrogens (primary N) is 1. The highest BCUT2D eigenvalue weighted by molar-refractivity contribution is 5.32. The molecule has 2 nitrogen and oxygen atoms in total. The normalized spacial score (nSPS) is 13.5. The maximum atomic E-state index is 13.7. The third kappa shape index (κ3) is 3.89. The first-order chi connectivity index (χ1) is 7.85. The van der Waals surface area contributed by atoms with Crippen molar-refractivity contribution in [1.82, 2.24) is 0 Å². The van der Waals surface area contributed by atoms with Gasteiger partial charge in [0.25, 0.3) is 0 Å². The van der Waals surface area contributed by atoms with Crippen LogP contribution >= 0.6 is 0 Å². The molecule has 0 amide bonds. The molecule has 0 spiro atoms. The average Bonchev–Trinajstić information content (AvgIpc) is 2.25. The molecule has 0 aliphatic rings. The standard InChI is InChI=1S/C11H13F4NO/c1-17-9-4-2-3-7(10(9)12)8(16)5-6-11(13,14)15/h2-4,8H,5-6,16H2,1H3/t8-/m1/s1. The summed E-state index contributed by atoms with van der Waals surface area (Å²) in [7, 11) is 1.28. The molecule has 6 heteroatoms. The van der Waals surface area contributed by atoms with E-state index in [0.29, 0.717) is 0 Å². The Morgan fingerprint density at radius 1 is 1.35 bits per heavy atom. The van der Waals surface area contributed by atoms with Crippen molar-refractivity contribution in [3.63, 3.8) is 0 Å². The van der Waals surface area contributed by atoms with Gasteiger partial charge in [-0.1, -0.05) is 12.1 Å². The molecule has 0 saturated carbocycles. The van der Waals surface area contributed by atoms with Crippen LogP contribution < -0.4 is 10.5 Å². The lowest BCUT2D eigenvalue weighted by atomic mass is 10.0. The molecule has 0 aliphatic heterocycles. The van der Waals surface area contributed by atoms with Crippen molar-refractivity contribution in [3.05, 3.63) is 29.6 Å². The minimum absolute atomic E-state index is 0.0232. The summed E-state index contributed by atoms with van der Waals surface area (Å²) in [4.78, 5) is 0. The highest BCUT2D eigenvalue weighted by Crippen LogP contribution is 2.29. The van der Waals surface area contributed by atoms with Gasteiger partial charge in [-0.2, -0.15) is 13.2 Å². The summed E-state index contributed by atoms with van der Waals surface area (Å²) in [6, 6.07) is 3.24. The number of rotatable bonds is 4. The number of methoxy groups -OCH3 is 1. The quantitative estimate of drug-likeness (QED) is 0.834. The van der Waals surface area contributed by atoms with E-state index in [1.807, 2.05) is 0 Å². The van der Waals surface area contributed by atoms with Gasteiger partial charge < -0.3 is 10.5 Å². The van der Waals surface area contributed by atoms with Crippen molar-refractivity contribution in [3.8, 4) is 5.75 Å². The van der Waals surface area contributed by atoms with E-state index in [0.717, 1.165) is 0 Å². The molecule has 2 N–H and O–H groups in total. The van der Waals surface area contributed by atoms with E-state index in [4.69, 9.17) is 10.5 Å². The molecule has 0 fully saturated rings. The summed E-state index contributed by atoms with van der Waals surface area (Å²) >= 11 is 0. The van der Waals surface area contributed by atoms with Crippen LogP contribution in [0.3, 0.4) is 0 Å². The van der Waals surface area contributed by atoms with Crippen LogP contribution in [0.15, 0.2) is 18.2 Å². The Kier molecular flexibility index (Phi) is 4.34. The fourth-order valence-electron chi connectivity index (χ4n) is 1.45. The number of hydrogen-bond donors (Lipinski definition) is 1. The number of hydrogen-bond acceptors (Lipinski definition) is 2. The summed E-state index contributed by atoms with van der Waals surface area (Å²) in [6.45, 7) is 0. The van der Waals surface area contributed by atoms with Gasteiger partial charge in [-0.15, -0.1) is 0 Å². The predicted molar refractivity (Wildman–Crippen MR) is 55.2 cm³/mol. The fraction of sp³-hybridized carbons (Fsp3) is 0.455. The van der Waals surface area contributed by atoms with Gasteiger partial charge in [-0.25, -0.2) is 4.39 Å². The maximum Gasteiger partial charge on any atom is 0.389 e. The summed E-state index contributed by atoms with van der Waals surface area (Å²) in [5, 5.41) is 0. The first-order valence-electron chi connectivity index (χ1n) is 5.00. The molecule has 0 radical (unpaired) electrons. The molecule has 0 heterocycles. The van der Waals surface area contributed by atoms with Crippen LogP contribution in [0.1, 0.15) is 24.4 Å². The predicted octanol–water partition coefficient (Wildman–Crippen LogP) is 3.18. The Labute approximate surface area is 96.4 Å². The highest BCUT2D eigenvalue weighted by atomic mass is 19.4. The number of halogens is 4. The second kappa shape index (κ2) is 5.35. The van der Waals surface area contributed by atoms with Crippen LogP contribution in [0.4, 0.5) is 17.6 Å². The lowest BCUT2D eigenvalue weighted by molar-refractivity contribution is -0.136. The third-order valence-electron chi connectivity index (χ3n) is 2.35. The van der Waals surface area contributed by atoms with Crippen molar-refractivity contribution in [1.29, 1.82) is 0 Å². The van der Waals surface area contributed by atoms with E-state index >= 15 is 0 Å². The molecule has 1 aromatic carbocycles. The van der Waals surface area contributed by atoms with Gasteiger partial charge in [0, 0.05) is 18.0 Å². The Morgan fingerprint density at radius 2 is 2.00 bits per heavy atom. The third-order valence-corrected chi connectivity index (χ3v) is 2.35. The van der Waals surface area contributed by atoms with E-state index in [-0.39, 0.29) is 17.7 Å². The second-order valence-corrected chi connectivity index (χ2v) is 3.62. The SMILES string of the molecule is COc1cccc([C@H](N)CCC(F)(F)F)c1F. The summed E-state index contributed by atoms with van der Waals surface area (Å²) < 4.78 is 54.4. The van der Waals surface area contributed by atoms with Crippen LogP contribution in [0.25, 0.3) is 0 Å². The molecule has 1 aromatic rings. The van der Waals surface area contributed by atoms with Crippen LogP contribution in [-0.4, -0.2) is 13.3 Å². The lowest BCUT2D eigenvalue weighted by Crippen LogP contribution is -2.17. The lowest BCUT2D eigenvalue weighted by Gasteiger charge is -2.15.